The summed E-state index contributed by atoms with van der Waals surface area (Å²) < 4.78 is 5.02. The molecule has 15 rings (SSSR count). The first kappa shape index (κ1) is 35.5. The van der Waals surface area contributed by atoms with Crippen LogP contribution in [0.25, 0.3) is 97.9 Å². The maximum atomic E-state index is 5.66. The van der Waals surface area contributed by atoms with Gasteiger partial charge >= 0.3 is 0 Å². The first-order chi connectivity index (χ1) is 32.8. The zero-order chi connectivity index (χ0) is 43.0. The van der Waals surface area contributed by atoms with E-state index < -0.39 is 0 Å². The Bertz CT molecular complexity index is 4310. The van der Waals surface area contributed by atoms with Crippen molar-refractivity contribution in [1.29, 1.82) is 0 Å². The van der Waals surface area contributed by atoms with Crippen LogP contribution >= 0.6 is 0 Å². The van der Waals surface area contributed by atoms with Crippen molar-refractivity contribution in [3.05, 3.63) is 225 Å². The van der Waals surface area contributed by atoms with E-state index in [4.69, 9.17) is 4.98 Å². The fourth-order valence-corrected chi connectivity index (χ4v) is 11.5. The molecule has 5 nitrogen and oxygen atoms in total. The highest BCUT2D eigenvalue weighted by Crippen LogP contribution is 2.53. The van der Waals surface area contributed by atoms with Crippen LogP contribution in [0.3, 0.4) is 0 Å². The van der Waals surface area contributed by atoms with Gasteiger partial charge in [0.15, 0.2) is 0 Å². The minimum atomic E-state index is 0.958. The lowest BCUT2D eigenvalue weighted by atomic mass is 9.98. The van der Waals surface area contributed by atoms with E-state index in [0.717, 1.165) is 56.3 Å². The lowest BCUT2D eigenvalue weighted by Crippen LogP contribution is -2.11. The Morgan fingerprint density at radius 2 is 0.803 bits per heavy atom. The third kappa shape index (κ3) is 4.65. The van der Waals surface area contributed by atoms with Gasteiger partial charge in [0.25, 0.3) is 0 Å². The Morgan fingerprint density at radius 1 is 0.318 bits per heavy atom. The molecule has 306 valence electrons. The number of anilines is 6. The lowest BCUT2D eigenvalue weighted by Gasteiger charge is -2.28. The van der Waals surface area contributed by atoms with Crippen LogP contribution in [0.5, 0.6) is 0 Å². The van der Waals surface area contributed by atoms with Crippen molar-refractivity contribution in [2.45, 2.75) is 0 Å². The van der Waals surface area contributed by atoms with Gasteiger partial charge in [-0.05, 0) is 82.9 Å². The van der Waals surface area contributed by atoms with Crippen molar-refractivity contribution in [3.8, 4) is 0 Å². The molecule has 0 atom stereocenters. The number of hydrogen-bond donors (Lipinski definition) is 0. The summed E-state index contributed by atoms with van der Waals surface area (Å²) in [7, 11) is 0. The molecule has 0 bridgehead atoms. The first-order valence-corrected chi connectivity index (χ1v) is 22.6. The molecule has 0 saturated carbocycles. The van der Waals surface area contributed by atoms with E-state index in [1.807, 2.05) is 0 Å². The normalized spacial score (nSPS) is 12.2. The monoisotopic (exact) mass is 839 g/mol. The number of para-hydroxylation sites is 6. The van der Waals surface area contributed by atoms with Crippen LogP contribution in [0, 0.1) is 0 Å². The van der Waals surface area contributed by atoms with Gasteiger partial charge in [0, 0.05) is 71.2 Å². The molecule has 0 aliphatic rings. The molecule has 0 radical (unpaired) electrons. The van der Waals surface area contributed by atoms with Crippen LogP contribution in [0.2, 0.25) is 0 Å². The van der Waals surface area contributed by atoms with Crippen molar-refractivity contribution >= 4 is 132 Å². The molecular formula is C61H37N5. The second-order valence-electron chi connectivity index (χ2n) is 17.5. The fourth-order valence-electron chi connectivity index (χ4n) is 11.5. The van der Waals surface area contributed by atoms with Crippen molar-refractivity contribution in [2.24, 2.45) is 0 Å². The van der Waals surface area contributed by atoms with Crippen molar-refractivity contribution in [1.82, 2.24) is 13.8 Å². The van der Waals surface area contributed by atoms with Gasteiger partial charge in [0.2, 0.25) is 0 Å². The van der Waals surface area contributed by atoms with Gasteiger partial charge in [0.1, 0.15) is 5.65 Å². The molecule has 15 aromatic rings. The maximum absolute atomic E-state index is 5.66. The average Bonchev–Trinajstić information content (AvgIpc) is 4.11. The van der Waals surface area contributed by atoms with Crippen molar-refractivity contribution in [2.75, 3.05) is 9.80 Å². The predicted molar refractivity (Wildman–Crippen MR) is 278 cm³/mol. The molecule has 0 aliphatic heterocycles. The largest absolute Gasteiger partial charge is 0.308 e. The zero-order valence-electron chi connectivity index (χ0n) is 35.6. The molecule has 0 fully saturated rings. The predicted octanol–water partition coefficient (Wildman–Crippen LogP) is 16.6. The molecule has 5 aromatic heterocycles. The smallest absolute Gasteiger partial charge is 0.146 e. The topological polar surface area (TPSA) is 28.2 Å². The Morgan fingerprint density at radius 3 is 1.44 bits per heavy atom. The summed E-state index contributed by atoms with van der Waals surface area (Å²) in [5, 5.41) is 14.6. The van der Waals surface area contributed by atoms with Gasteiger partial charge in [-0.3, -0.25) is 4.40 Å². The SMILES string of the molecule is c1ccc(N(c2ccccc2)c2cccc3c4cc5ccccc5c5c6c7c8cccc9c%10cc%11ccccc%11c(N(c%11ccccc%11)c%11ccccc%11)c%10n(c7ncc6n(c23)c45)c98)cc1. The van der Waals surface area contributed by atoms with Crippen LogP contribution < -0.4 is 9.80 Å². The highest BCUT2D eigenvalue weighted by molar-refractivity contribution is 6.40. The standard InChI is InChI=1S/C61H37N5/c1-5-21-40(22-6-1)63(41-23-7-2-8-24-41)51-34-18-32-47-49-35-38-19-13-15-29-44(38)53-55-52(65(57(47)51)58(49)53)37-62-61-54(55)48-33-17-31-46-50-36-39-20-14-16-30-45(39)59(60(50)66(61)56(46)48)64(42-25-9-3-10-26-42)43-27-11-4-12-28-43/h1-37H. The molecule has 66 heavy (non-hydrogen) atoms. The quantitative estimate of drug-likeness (QED) is 0.167. The number of hydrogen-bond acceptors (Lipinski definition) is 3. The van der Waals surface area contributed by atoms with E-state index >= 15 is 0 Å². The second-order valence-corrected chi connectivity index (χ2v) is 17.5. The first-order valence-electron chi connectivity index (χ1n) is 22.6. The highest BCUT2D eigenvalue weighted by atomic mass is 15.2. The molecule has 10 aromatic carbocycles. The number of nitrogens with zero attached hydrogens (tertiary/aromatic N) is 5. The van der Waals surface area contributed by atoms with Gasteiger partial charge in [0.05, 0.1) is 45.2 Å². The molecular weight excluding hydrogens is 803 g/mol. The Hall–Kier alpha value is -8.93. The summed E-state index contributed by atoms with van der Waals surface area (Å²) in [6, 6.07) is 79.3. The number of fused-ring (bicyclic) bond motifs is 16. The Kier molecular flexibility index (Phi) is 7.16. The van der Waals surface area contributed by atoms with Gasteiger partial charge in [-0.2, -0.15) is 0 Å². The van der Waals surface area contributed by atoms with E-state index in [1.54, 1.807) is 0 Å². The Labute approximate surface area is 378 Å². The van der Waals surface area contributed by atoms with Gasteiger partial charge in [-0.25, -0.2) is 4.98 Å². The minimum Gasteiger partial charge on any atom is -0.308 e. The molecule has 0 spiro atoms. The van der Waals surface area contributed by atoms with Gasteiger partial charge in [-0.1, -0.05) is 152 Å². The third-order valence-electron chi connectivity index (χ3n) is 14.1. The summed E-state index contributed by atoms with van der Waals surface area (Å²) in [6.45, 7) is 0. The summed E-state index contributed by atoms with van der Waals surface area (Å²) in [5.74, 6) is 0. The van der Waals surface area contributed by atoms with E-state index in [9.17, 15) is 0 Å². The van der Waals surface area contributed by atoms with Crippen LogP contribution in [0.1, 0.15) is 0 Å². The number of benzene rings is 10. The van der Waals surface area contributed by atoms with Gasteiger partial charge < -0.3 is 14.2 Å². The van der Waals surface area contributed by atoms with E-state index in [2.05, 4.69) is 243 Å². The molecule has 5 heteroatoms. The molecule has 0 N–H and O–H groups in total. The third-order valence-corrected chi connectivity index (χ3v) is 14.1. The van der Waals surface area contributed by atoms with Crippen LogP contribution in [0.15, 0.2) is 225 Å². The average molecular weight is 840 g/mol. The van der Waals surface area contributed by atoms with Crippen LogP contribution in [-0.4, -0.2) is 13.8 Å². The number of rotatable bonds is 6. The van der Waals surface area contributed by atoms with Crippen molar-refractivity contribution < 1.29 is 0 Å². The van der Waals surface area contributed by atoms with E-state index in [-0.39, 0.29) is 0 Å². The molecule has 5 heterocycles. The fraction of sp³-hybridized carbons (Fsp3) is 0. The Balaban J connectivity index is 1.15. The number of pyridine rings is 1. The van der Waals surface area contributed by atoms with Crippen molar-refractivity contribution in [3.63, 3.8) is 0 Å². The van der Waals surface area contributed by atoms with E-state index in [0.29, 0.717) is 0 Å². The molecule has 0 unspecified atom stereocenters. The molecule has 0 amide bonds. The van der Waals surface area contributed by atoms with Crippen LogP contribution in [0.4, 0.5) is 34.1 Å². The summed E-state index contributed by atoms with van der Waals surface area (Å²) >= 11 is 0. The second kappa shape index (κ2) is 13.3. The van der Waals surface area contributed by atoms with E-state index in [1.165, 1.54) is 75.7 Å². The molecule has 0 aliphatic carbocycles. The lowest BCUT2D eigenvalue weighted by molar-refractivity contribution is 1.24. The summed E-state index contributed by atoms with van der Waals surface area (Å²) in [4.78, 5) is 10.5. The van der Waals surface area contributed by atoms with Crippen LogP contribution in [-0.2, 0) is 0 Å². The van der Waals surface area contributed by atoms with Gasteiger partial charge in [-0.15, -0.1) is 0 Å². The summed E-state index contributed by atoms with van der Waals surface area (Å²) in [5.41, 5.74) is 13.4. The summed E-state index contributed by atoms with van der Waals surface area (Å²) in [6.07, 6.45) is 2.16. The maximum Gasteiger partial charge on any atom is 0.146 e. The zero-order valence-corrected chi connectivity index (χ0v) is 35.6. The minimum absolute atomic E-state index is 0.958. The highest BCUT2D eigenvalue weighted by Gasteiger charge is 2.30. The molecule has 0 saturated heterocycles. The number of aromatic nitrogens is 3.